The highest BCUT2D eigenvalue weighted by molar-refractivity contribution is 5.78. The van der Waals surface area contributed by atoms with Gasteiger partial charge in [-0.15, -0.1) is 0 Å². The molecule has 4 aromatic rings. The van der Waals surface area contributed by atoms with Crippen molar-refractivity contribution in [3.05, 3.63) is 119 Å². The van der Waals surface area contributed by atoms with Crippen LogP contribution in [0.3, 0.4) is 0 Å². The first-order chi connectivity index (χ1) is 25.3. The van der Waals surface area contributed by atoms with Crippen molar-refractivity contribution in [3.8, 4) is 0 Å². The summed E-state index contributed by atoms with van der Waals surface area (Å²) in [5.41, 5.74) is 19.6. The number of nitrogens with two attached hydrogens (primary N) is 2. The van der Waals surface area contributed by atoms with Gasteiger partial charge in [-0.3, -0.25) is 29.4 Å². The Labute approximate surface area is 307 Å². The molecule has 52 heavy (non-hydrogen) atoms. The number of rotatable bonds is 8. The van der Waals surface area contributed by atoms with Crippen molar-refractivity contribution in [3.63, 3.8) is 0 Å². The summed E-state index contributed by atoms with van der Waals surface area (Å²) >= 11 is 0. The largest absolute Gasteiger partial charge is 0.399 e. The van der Waals surface area contributed by atoms with E-state index < -0.39 is 0 Å². The summed E-state index contributed by atoms with van der Waals surface area (Å²) in [7, 11) is 0. The minimum atomic E-state index is 0.157. The van der Waals surface area contributed by atoms with Gasteiger partial charge in [-0.25, -0.2) is 0 Å². The van der Waals surface area contributed by atoms with Crippen LogP contribution >= 0.6 is 0 Å². The van der Waals surface area contributed by atoms with Crippen LogP contribution in [-0.2, 0) is 48.6 Å². The van der Waals surface area contributed by atoms with E-state index in [0.29, 0.717) is 51.1 Å². The fraction of sp³-hybridized carbons (Fsp3) is 0.429. The molecule has 0 atom stereocenters. The molecule has 0 saturated carbocycles. The zero-order chi connectivity index (χ0) is 35.9. The quantitative estimate of drug-likeness (QED) is 0.248. The second kappa shape index (κ2) is 16.7. The molecule has 0 aliphatic carbocycles. The number of fused-ring (bicyclic) bond motifs is 4. The molecule has 2 aromatic carbocycles. The van der Waals surface area contributed by atoms with Gasteiger partial charge in [0.1, 0.15) is 0 Å². The molecule has 3 aliphatic rings. The van der Waals surface area contributed by atoms with Crippen LogP contribution in [0.1, 0.15) is 59.6 Å². The molecule has 3 aliphatic heterocycles. The second-order valence-electron chi connectivity index (χ2n) is 15.1. The van der Waals surface area contributed by atoms with E-state index >= 15 is 0 Å². The predicted molar refractivity (Wildman–Crippen MR) is 204 cm³/mol. The molecule has 2 aromatic heterocycles. The second-order valence-corrected chi connectivity index (χ2v) is 15.1. The maximum atomic E-state index is 13.7. The number of nitrogens with zero attached hydrogens (tertiary/aromatic N) is 6. The van der Waals surface area contributed by atoms with E-state index in [2.05, 4.69) is 34.1 Å². The number of anilines is 2. The number of benzene rings is 2. The number of nitrogen functional groups attached to an aromatic ring is 2. The Morgan fingerprint density at radius 1 is 0.519 bits per heavy atom. The van der Waals surface area contributed by atoms with Crippen molar-refractivity contribution in [1.82, 2.24) is 29.6 Å². The van der Waals surface area contributed by atoms with Crippen molar-refractivity contribution < 1.29 is 9.59 Å². The molecule has 7 rings (SSSR count). The van der Waals surface area contributed by atoms with E-state index in [1.165, 1.54) is 11.1 Å². The van der Waals surface area contributed by atoms with Gasteiger partial charge < -0.3 is 21.3 Å². The minimum absolute atomic E-state index is 0.157. The Balaban J connectivity index is 0.958. The van der Waals surface area contributed by atoms with Crippen molar-refractivity contribution >= 4 is 23.2 Å². The zero-order valence-corrected chi connectivity index (χ0v) is 30.2. The lowest BCUT2D eigenvalue weighted by Crippen LogP contribution is -2.44. The first kappa shape index (κ1) is 35.6. The van der Waals surface area contributed by atoms with Gasteiger partial charge in [0.05, 0.1) is 35.9 Å². The number of amides is 2. The summed E-state index contributed by atoms with van der Waals surface area (Å²) in [6.07, 6.45) is 6.07. The number of carbonyl (C=O) groups is 2. The van der Waals surface area contributed by atoms with Crippen molar-refractivity contribution in [2.75, 3.05) is 50.7 Å². The Morgan fingerprint density at radius 3 is 1.17 bits per heavy atom. The monoisotopic (exact) mass is 700 g/mol. The highest BCUT2D eigenvalue weighted by Crippen LogP contribution is 2.25. The molecule has 0 radical (unpaired) electrons. The van der Waals surface area contributed by atoms with E-state index in [1.54, 1.807) is 0 Å². The summed E-state index contributed by atoms with van der Waals surface area (Å²) in [4.78, 5) is 45.8. The lowest BCUT2D eigenvalue weighted by molar-refractivity contribution is -0.134. The van der Waals surface area contributed by atoms with Gasteiger partial charge in [0.25, 0.3) is 0 Å². The van der Waals surface area contributed by atoms with Gasteiger partial charge >= 0.3 is 0 Å². The Kier molecular flexibility index (Phi) is 11.4. The Bertz CT molecular complexity index is 1620. The summed E-state index contributed by atoms with van der Waals surface area (Å²) in [5, 5.41) is 0. The van der Waals surface area contributed by atoms with Crippen LogP contribution in [-0.4, -0.2) is 80.7 Å². The highest BCUT2D eigenvalue weighted by atomic mass is 16.2. The maximum Gasteiger partial charge on any atom is 0.236 e. The van der Waals surface area contributed by atoms with Crippen LogP contribution in [0.2, 0.25) is 0 Å². The van der Waals surface area contributed by atoms with E-state index in [-0.39, 0.29) is 11.8 Å². The van der Waals surface area contributed by atoms with Crippen molar-refractivity contribution in [2.45, 2.75) is 64.7 Å². The molecular formula is C42H52N8O2. The van der Waals surface area contributed by atoms with Crippen LogP contribution in [0, 0.1) is 11.8 Å². The van der Waals surface area contributed by atoms with Crippen LogP contribution in [0.15, 0.2) is 84.9 Å². The molecule has 10 nitrogen and oxygen atoms in total. The molecule has 0 spiro atoms. The number of pyridine rings is 2. The molecule has 272 valence electrons. The Hall–Kier alpha value is -4.80. The molecule has 5 heterocycles. The zero-order valence-electron chi connectivity index (χ0n) is 30.2. The minimum Gasteiger partial charge on any atom is -0.399 e. The van der Waals surface area contributed by atoms with Gasteiger partial charge in [0.15, 0.2) is 0 Å². The fourth-order valence-corrected chi connectivity index (χ4v) is 7.99. The third-order valence-electron chi connectivity index (χ3n) is 10.9. The van der Waals surface area contributed by atoms with Crippen LogP contribution in [0.25, 0.3) is 0 Å². The normalized spacial score (nSPS) is 18.1. The third-order valence-corrected chi connectivity index (χ3v) is 10.9. The van der Waals surface area contributed by atoms with Crippen molar-refractivity contribution in [2.24, 2.45) is 11.8 Å². The summed E-state index contributed by atoms with van der Waals surface area (Å²) in [6, 6.07) is 28.5. The number of hydrogen-bond acceptors (Lipinski definition) is 8. The smallest absolute Gasteiger partial charge is 0.236 e. The average Bonchev–Trinajstić information content (AvgIpc) is 3.14. The lowest BCUT2D eigenvalue weighted by Gasteiger charge is -2.34. The van der Waals surface area contributed by atoms with Crippen LogP contribution in [0.5, 0.6) is 0 Å². The lowest BCUT2D eigenvalue weighted by atomic mass is 9.90. The van der Waals surface area contributed by atoms with E-state index in [4.69, 9.17) is 21.4 Å². The highest BCUT2D eigenvalue weighted by Gasteiger charge is 2.27. The molecule has 2 fully saturated rings. The third kappa shape index (κ3) is 9.74. The topological polar surface area (TPSA) is 125 Å². The Morgan fingerprint density at radius 2 is 0.846 bits per heavy atom. The fourth-order valence-electron chi connectivity index (χ4n) is 7.99. The molecule has 4 bridgehead atoms. The molecule has 10 heteroatoms. The molecule has 0 unspecified atom stereocenters. The van der Waals surface area contributed by atoms with Crippen molar-refractivity contribution in [1.29, 1.82) is 0 Å². The SMILES string of the molecule is Nc1ccc(CC2CCN(C(=O)CN3Cc4cccc(n4)CN(CC(=O)N4CCC(Cc5ccc(N)cc5)CC4)Cc4cccc(n4)C3)CC2)cc1. The molecule has 2 saturated heterocycles. The van der Waals surface area contributed by atoms with Gasteiger partial charge in [-0.2, -0.15) is 0 Å². The van der Waals surface area contributed by atoms with E-state index in [9.17, 15) is 9.59 Å². The summed E-state index contributed by atoms with van der Waals surface area (Å²) in [5.74, 6) is 1.45. The van der Waals surface area contributed by atoms with Gasteiger partial charge in [-0.1, -0.05) is 36.4 Å². The summed E-state index contributed by atoms with van der Waals surface area (Å²) in [6.45, 7) is 5.94. The number of aromatic nitrogens is 2. The van der Waals surface area contributed by atoms with Crippen LogP contribution in [0.4, 0.5) is 11.4 Å². The standard InChI is InChI=1S/C42H52N8O2/c43-35-11-7-31(8-12-35)23-33-15-19-49(20-16-33)41(51)29-47-25-37-3-1-4-38(45-37)26-48(28-40-6-2-5-39(27-47)46-40)30-42(52)50-21-17-34(18-22-50)24-32-9-13-36(44)14-10-32/h1-14,33-34H,15-30,43-44H2. The van der Waals surface area contributed by atoms with E-state index in [0.717, 1.165) is 98.9 Å². The molecule has 2 amide bonds. The van der Waals surface area contributed by atoms with Crippen LogP contribution < -0.4 is 11.5 Å². The van der Waals surface area contributed by atoms with Gasteiger partial charge in [0.2, 0.25) is 11.8 Å². The number of carbonyl (C=O) groups excluding carboxylic acids is 2. The first-order valence-corrected chi connectivity index (χ1v) is 18.9. The maximum absolute atomic E-state index is 13.7. The number of hydrogen-bond donors (Lipinski definition) is 2. The predicted octanol–water partition coefficient (Wildman–Crippen LogP) is 4.92. The summed E-state index contributed by atoms with van der Waals surface area (Å²) < 4.78 is 0. The van der Waals surface area contributed by atoms with Gasteiger partial charge in [0, 0.05) is 63.7 Å². The molecule has 4 N–H and O–H groups in total. The van der Waals surface area contributed by atoms with E-state index in [1.807, 2.05) is 70.5 Å². The number of likely N-dealkylation sites (tertiary alicyclic amines) is 2. The molecular weight excluding hydrogens is 649 g/mol. The first-order valence-electron chi connectivity index (χ1n) is 18.9. The number of piperidine rings is 2. The van der Waals surface area contributed by atoms with Gasteiger partial charge in [-0.05, 0) is 110 Å². The average molecular weight is 701 g/mol.